The van der Waals surface area contributed by atoms with Crippen molar-refractivity contribution < 1.29 is 0 Å². The van der Waals surface area contributed by atoms with Crippen LogP contribution in [0.3, 0.4) is 0 Å². The van der Waals surface area contributed by atoms with Gasteiger partial charge < -0.3 is 5.32 Å². The Morgan fingerprint density at radius 1 is 1.64 bits per heavy atom. The Labute approximate surface area is 88.1 Å². The first-order chi connectivity index (χ1) is 6.77. The minimum atomic E-state index is 0.280. The summed E-state index contributed by atoms with van der Waals surface area (Å²) in [6.07, 6.45) is 8.11. The number of terminal acetylenes is 1. The van der Waals surface area contributed by atoms with Gasteiger partial charge >= 0.3 is 0 Å². The predicted octanol–water partition coefficient (Wildman–Crippen LogP) is 1.33. The van der Waals surface area contributed by atoms with Crippen LogP contribution in [0.5, 0.6) is 0 Å². The molecule has 0 aliphatic carbocycles. The highest BCUT2D eigenvalue weighted by Crippen LogP contribution is 2.13. The van der Waals surface area contributed by atoms with E-state index in [0.717, 1.165) is 25.6 Å². The maximum Gasteiger partial charge on any atom is 0.0683 e. The SMILES string of the molecule is C#CC(C)N(CC)CC1CCCNC1. The molecular formula is C12H22N2. The van der Waals surface area contributed by atoms with Crippen LogP contribution in [0.15, 0.2) is 0 Å². The molecule has 1 fully saturated rings. The molecule has 1 N–H and O–H groups in total. The molecular weight excluding hydrogens is 172 g/mol. The van der Waals surface area contributed by atoms with Gasteiger partial charge in [0.25, 0.3) is 0 Å². The van der Waals surface area contributed by atoms with Gasteiger partial charge in [0, 0.05) is 6.54 Å². The van der Waals surface area contributed by atoms with Crippen LogP contribution >= 0.6 is 0 Å². The summed E-state index contributed by atoms with van der Waals surface area (Å²) in [7, 11) is 0. The van der Waals surface area contributed by atoms with Crippen molar-refractivity contribution in [2.24, 2.45) is 5.92 Å². The van der Waals surface area contributed by atoms with E-state index in [1.54, 1.807) is 0 Å². The van der Waals surface area contributed by atoms with E-state index < -0.39 is 0 Å². The van der Waals surface area contributed by atoms with Crippen molar-refractivity contribution in [3.63, 3.8) is 0 Å². The highest BCUT2D eigenvalue weighted by molar-refractivity contribution is 4.97. The Bertz CT molecular complexity index is 189. The third kappa shape index (κ3) is 3.32. The normalized spacial score (nSPS) is 24.6. The third-order valence-corrected chi connectivity index (χ3v) is 3.09. The summed E-state index contributed by atoms with van der Waals surface area (Å²) in [5.41, 5.74) is 0. The lowest BCUT2D eigenvalue weighted by molar-refractivity contribution is 0.198. The molecule has 0 radical (unpaired) electrons. The fraction of sp³-hybridized carbons (Fsp3) is 0.833. The van der Waals surface area contributed by atoms with Crippen LogP contribution in [0.2, 0.25) is 0 Å². The van der Waals surface area contributed by atoms with E-state index in [-0.39, 0.29) is 6.04 Å². The van der Waals surface area contributed by atoms with Crippen molar-refractivity contribution >= 4 is 0 Å². The summed E-state index contributed by atoms with van der Waals surface area (Å²) in [4.78, 5) is 2.39. The van der Waals surface area contributed by atoms with E-state index in [0.29, 0.717) is 0 Å². The van der Waals surface area contributed by atoms with Crippen molar-refractivity contribution in [1.82, 2.24) is 10.2 Å². The minimum Gasteiger partial charge on any atom is -0.316 e. The first-order valence-electron chi connectivity index (χ1n) is 5.68. The average molecular weight is 194 g/mol. The quantitative estimate of drug-likeness (QED) is 0.679. The lowest BCUT2D eigenvalue weighted by Gasteiger charge is -2.31. The fourth-order valence-corrected chi connectivity index (χ4v) is 2.08. The Morgan fingerprint density at radius 2 is 2.43 bits per heavy atom. The zero-order valence-electron chi connectivity index (χ0n) is 9.42. The largest absolute Gasteiger partial charge is 0.316 e. The Balaban J connectivity index is 2.35. The van der Waals surface area contributed by atoms with Crippen molar-refractivity contribution in [3.8, 4) is 12.3 Å². The van der Waals surface area contributed by atoms with Crippen LogP contribution in [0.1, 0.15) is 26.7 Å². The molecule has 14 heavy (non-hydrogen) atoms. The standard InChI is InChI=1S/C12H22N2/c1-4-11(3)14(5-2)10-12-7-6-8-13-9-12/h1,11-13H,5-10H2,2-3H3. The van der Waals surface area contributed by atoms with E-state index in [9.17, 15) is 0 Å². The molecule has 0 aromatic rings. The smallest absolute Gasteiger partial charge is 0.0683 e. The number of nitrogens with one attached hydrogen (secondary N) is 1. The second-order valence-corrected chi connectivity index (χ2v) is 4.14. The summed E-state index contributed by atoms with van der Waals surface area (Å²) < 4.78 is 0. The van der Waals surface area contributed by atoms with Gasteiger partial charge in [-0.2, -0.15) is 0 Å². The van der Waals surface area contributed by atoms with E-state index in [2.05, 4.69) is 30.0 Å². The topological polar surface area (TPSA) is 15.3 Å². The first-order valence-corrected chi connectivity index (χ1v) is 5.68. The summed E-state index contributed by atoms with van der Waals surface area (Å²) in [6.45, 7) is 8.85. The number of hydrogen-bond acceptors (Lipinski definition) is 2. The lowest BCUT2D eigenvalue weighted by Crippen LogP contribution is -2.41. The van der Waals surface area contributed by atoms with E-state index >= 15 is 0 Å². The maximum absolute atomic E-state index is 5.45. The zero-order chi connectivity index (χ0) is 10.4. The molecule has 1 saturated heterocycles. The fourth-order valence-electron chi connectivity index (χ4n) is 2.08. The van der Waals surface area contributed by atoms with Crippen LogP contribution in [0.25, 0.3) is 0 Å². The van der Waals surface area contributed by atoms with Crippen molar-refractivity contribution in [2.45, 2.75) is 32.7 Å². The van der Waals surface area contributed by atoms with Gasteiger partial charge in [0.15, 0.2) is 0 Å². The van der Waals surface area contributed by atoms with Crippen molar-refractivity contribution in [3.05, 3.63) is 0 Å². The van der Waals surface area contributed by atoms with Gasteiger partial charge in [-0.25, -0.2) is 0 Å². The van der Waals surface area contributed by atoms with Gasteiger partial charge in [0.2, 0.25) is 0 Å². The summed E-state index contributed by atoms with van der Waals surface area (Å²) in [5, 5.41) is 3.44. The number of rotatable bonds is 4. The van der Waals surface area contributed by atoms with Gasteiger partial charge in [-0.15, -0.1) is 6.42 Å². The molecule has 2 atom stereocenters. The molecule has 0 aromatic carbocycles. The lowest BCUT2D eigenvalue weighted by atomic mass is 9.98. The summed E-state index contributed by atoms with van der Waals surface area (Å²) >= 11 is 0. The second kappa shape index (κ2) is 6.06. The molecule has 1 aliphatic rings. The zero-order valence-corrected chi connectivity index (χ0v) is 9.42. The predicted molar refractivity (Wildman–Crippen MR) is 61.1 cm³/mol. The van der Waals surface area contributed by atoms with E-state index in [1.807, 2.05) is 0 Å². The molecule has 1 heterocycles. The van der Waals surface area contributed by atoms with Gasteiger partial charge in [-0.05, 0) is 45.3 Å². The molecule has 1 rings (SSSR count). The van der Waals surface area contributed by atoms with Crippen LogP contribution in [-0.2, 0) is 0 Å². The van der Waals surface area contributed by atoms with Gasteiger partial charge in [-0.1, -0.05) is 12.8 Å². The van der Waals surface area contributed by atoms with Crippen LogP contribution < -0.4 is 5.32 Å². The number of hydrogen-bond donors (Lipinski definition) is 1. The van der Waals surface area contributed by atoms with Crippen LogP contribution in [0, 0.1) is 18.3 Å². The first kappa shape index (κ1) is 11.6. The molecule has 0 aromatic heterocycles. The minimum absolute atomic E-state index is 0.280. The molecule has 0 bridgehead atoms. The molecule has 2 heteroatoms. The average Bonchev–Trinajstić information content (AvgIpc) is 2.26. The molecule has 0 amide bonds. The number of piperidine rings is 1. The molecule has 2 unspecified atom stereocenters. The second-order valence-electron chi connectivity index (χ2n) is 4.14. The van der Waals surface area contributed by atoms with Crippen molar-refractivity contribution in [2.75, 3.05) is 26.2 Å². The highest BCUT2D eigenvalue weighted by atomic mass is 15.1. The molecule has 80 valence electrons. The Kier molecular flexibility index (Phi) is 5.00. The molecule has 1 aliphatic heterocycles. The highest BCUT2D eigenvalue weighted by Gasteiger charge is 2.18. The molecule has 0 saturated carbocycles. The third-order valence-electron chi connectivity index (χ3n) is 3.09. The summed E-state index contributed by atoms with van der Waals surface area (Å²) in [6, 6.07) is 0.280. The van der Waals surface area contributed by atoms with Crippen LogP contribution in [0.4, 0.5) is 0 Å². The number of nitrogens with zero attached hydrogens (tertiary/aromatic N) is 1. The van der Waals surface area contributed by atoms with Gasteiger partial charge in [0.1, 0.15) is 0 Å². The van der Waals surface area contributed by atoms with E-state index in [4.69, 9.17) is 6.42 Å². The van der Waals surface area contributed by atoms with Gasteiger partial charge in [-0.3, -0.25) is 4.90 Å². The van der Waals surface area contributed by atoms with Gasteiger partial charge in [0.05, 0.1) is 6.04 Å². The Hall–Kier alpha value is -0.520. The van der Waals surface area contributed by atoms with Crippen molar-refractivity contribution in [1.29, 1.82) is 0 Å². The molecule has 2 nitrogen and oxygen atoms in total. The maximum atomic E-state index is 5.45. The Morgan fingerprint density at radius 3 is 2.93 bits per heavy atom. The monoisotopic (exact) mass is 194 g/mol. The van der Waals surface area contributed by atoms with E-state index in [1.165, 1.54) is 19.4 Å². The summed E-state index contributed by atoms with van der Waals surface area (Å²) in [5.74, 6) is 3.60. The van der Waals surface area contributed by atoms with Crippen LogP contribution in [-0.4, -0.2) is 37.1 Å². The molecule has 0 spiro atoms.